The first kappa shape index (κ1) is 31.6. The fourth-order valence-corrected chi connectivity index (χ4v) is 6.80. The van der Waals surface area contributed by atoms with Crippen LogP contribution in [0.25, 0.3) is 16.8 Å². The summed E-state index contributed by atoms with van der Waals surface area (Å²) in [6.07, 6.45) is 1.78. The Morgan fingerprint density at radius 2 is 1.68 bits per heavy atom. The number of hydrogen-bond acceptors (Lipinski definition) is 9. The Kier molecular flexibility index (Phi) is 9.12. The summed E-state index contributed by atoms with van der Waals surface area (Å²) in [5.74, 6) is 1.60. The lowest BCUT2D eigenvalue weighted by molar-refractivity contribution is -0.139. The molecule has 0 bridgehead atoms. The van der Waals surface area contributed by atoms with E-state index in [9.17, 15) is 9.59 Å². The zero-order valence-corrected chi connectivity index (χ0v) is 27.6. The topological polar surface area (TPSA) is 97.6 Å². The van der Waals surface area contributed by atoms with Crippen molar-refractivity contribution in [2.24, 2.45) is 4.99 Å². The highest BCUT2D eigenvalue weighted by atomic mass is 32.1. The van der Waals surface area contributed by atoms with Crippen LogP contribution < -0.4 is 33.8 Å². The Morgan fingerprint density at radius 1 is 0.915 bits per heavy atom. The van der Waals surface area contributed by atoms with Crippen LogP contribution in [0.4, 0.5) is 0 Å². The first-order valence-corrected chi connectivity index (χ1v) is 15.9. The average molecular weight is 651 g/mol. The largest absolute Gasteiger partial charge is 0.497 e. The van der Waals surface area contributed by atoms with Gasteiger partial charge in [0, 0.05) is 5.56 Å². The van der Waals surface area contributed by atoms with Crippen molar-refractivity contribution in [1.29, 1.82) is 0 Å². The first-order chi connectivity index (χ1) is 22.9. The van der Waals surface area contributed by atoms with E-state index in [1.165, 1.54) is 15.9 Å². The molecule has 0 saturated heterocycles. The number of carbonyl (C=O) groups excluding carboxylic acids is 1. The van der Waals surface area contributed by atoms with E-state index in [-0.39, 0.29) is 17.7 Å². The van der Waals surface area contributed by atoms with Crippen LogP contribution in [0, 0.1) is 0 Å². The van der Waals surface area contributed by atoms with Crippen LogP contribution in [0.3, 0.4) is 0 Å². The van der Waals surface area contributed by atoms with E-state index in [0.717, 1.165) is 21.9 Å². The normalized spacial score (nSPS) is 14.4. The number of allylic oxidation sites excluding steroid dienone is 1. The highest BCUT2D eigenvalue weighted by molar-refractivity contribution is 7.07. The van der Waals surface area contributed by atoms with E-state index in [1.807, 2.05) is 42.5 Å². The van der Waals surface area contributed by atoms with Crippen molar-refractivity contribution in [2.45, 2.75) is 26.5 Å². The maximum atomic E-state index is 14.2. The summed E-state index contributed by atoms with van der Waals surface area (Å²) >= 11 is 1.23. The van der Waals surface area contributed by atoms with Gasteiger partial charge in [0.2, 0.25) is 0 Å². The van der Waals surface area contributed by atoms with E-state index in [4.69, 9.17) is 23.7 Å². The van der Waals surface area contributed by atoms with Gasteiger partial charge in [0.25, 0.3) is 5.56 Å². The van der Waals surface area contributed by atoms with Gasteiger partial charge >= 0.3 is 5.97 Å². The smallest absolute Gasteiger partial charge is 0.338 e. The van der Waals surface area contributed by atoms with Gasteiger partial charge in [0.1, 0.15) is 24.1 Å². The van der Waals surface area contributed by atoms with Gasteiger partial charge in [-0.2, -0.15) is 0 Å². The Balaban J connectivity index is 1.40. The summed E-state index contributed by atoms with van der Waals surface area (Å²) in [6, 6.07) is 24.3. The number of hydrogen-bond donors (Lipinski definition) is 0. The molecule has 9 nitrogen and oxygen atoms in total. The number of ether oxygens (including phenoxy) is 5. The Morgan fingerprint density at radius 3 is 2.45 bits per heavy atom. The molecule has 0 fully saturated rings. The third-order valence-electron chi connectivity index (χ3n) is 8.00. The fraction of sp³-hybridized carbons (Fsp3) is 0.216. The number of methoxy groups -OCH3 is 3. The maximum Gasteiger partial charge on any atom is 0.338 e. The SMILES string of the molecule is CCOC(=O)C1=C(C)N=c2s/c(=C\c3ccc(OCc4cccc5ccccc45)c(OC)c3)c(=O)n2[C@@H]1c1cc(OC)ccc1OC. The first-order valence-electron chi connectivity index (χ1n) is 15.1. The molecule has 0 unspecified atom stereocenters. The molecule has 0 spiro atoms. The predicted octanol–water partition coefficient (Wildman–Crippen LogP) is 5.56. The third-order valence-corrected chi connectivity index (χ3v) is 8.98. The Labute approximate surface area is 275 Å². The minimum absolute atomic E-state index is 0.172. The predicted molar refractivity (Wildman–Crippen MR) is 181 cm³/mol. The minimum atomic E-state index is -0.850. The van der Waals surface area contributed by atoms with Crippen LogP contribution >= 0.6 is 11.3 Å². The van der Waals surface area contributed by atoms with Crippen LogP contribution in [-0.4, -0.2) is 38.5 Å². The van der Waals surface area contributed by atoms with Gasteiger partial charge in [-0.1, -0.05) is 59.9 Å². The van der Waals surface area contributed by atoms with Crippen LogP contribution in [0.2, 0.25) is 0 Å². The fourth-order valence-electron chi connectivity index (χ4n) is 5.76. The second kappa shape index (κ2) is 13.6. The van der Waals surface area contributed by atoms with E-state index >= 15 is 0 Å². The quantitative estimate of drug-likeness (QED) is 0.183. The maximum absolute atomic E-state index is 14.2. The molecule has 4 aromatic carbocycles. The highest BCUT2D eigenvalue weighted by Crippen LogP contribution is 2.38. The molecule has 0 aliphatic carbocycles. The number of fused-ring (bicyclic) bond motifs is 2. The van der Waals surface area contributed by atoms with Gasteiger partial charge in [-0.25, -0.2) is 9.79 Å². The monoisotopic (exact) mass is 650 g/mol. The summed E-state index contributed by atoms with van der Waals surface area (Å²) in [5.41, 5.74) is 2.78. The standard InChI is InChI=1S/C37H34N2O7S/c1-6-45-36(41)33-22(2)38-37-39(34(33)28-20-26(42-3)15-17-29(28)43-4)35(40)32(47-37)19-23-14-16-30(31(18-23)44-5)46-21-25-12-9-11-24-10-7-8-13-27(24)25/h7-20,34H,6,21H2,1-5H3/b32-19-/t34-/m1/s1. The van der Waals surface area contributed by atoms with Crippen molar-refractivity contribution in [3.8, 4) is 23.0 Å². The average Bonchev–Trinajstić information content (AvgIpc) is 3.40. The Bertz CT molecular complexity index is 2190. The van der Waals surface area contributed by atoms with E-state index in [1.54, 1.807) is 59.5 Å². The lowest BCUT2D eigenvalue weighted by Crippen LogP contribution is -2.40. The summed E-state index contributed by atoms with van der Waals surface area (Å²) in [6.45, 7) is 4.01. The molecule has 0 N–H and O–H groups in total. The summed E-state index contributed by atoms with van der Waals surface area (Å²) < 4.78 is 30.4. The molecule has 0 radical (unpaired) electrons. The van der Waals surface area contributed by atoms with Crippen molar-refractivity contribution < 1.29 is 28.5 Å². The summed E-state index contributed by atoms with van der Waals surface area (Å²) in [7, 11) is 4.68. The highest BCUT2D eigenvalue weighted by Gasteiger charge is 2.35. The second-order valence-electron chi connectivity index (χ2n) is 10.7. The number of nitrogens with zero attached hydrogens (tertiary/aromatic N) is 2. The molecular formula is C37H34N2O7S. The molecule has 47 heavy (non-hydrogen) atoms. The van der Waals surface area contributed by atoms with Gasteiger partial charge in [0.05, 0.1) is 43.7 Å². The van der Waals surface area contributed by atoms with Gasteiger partial charge < -0.3 is 23.7 Å². The second-order valence-corrected chi connectivity index (χ2v) is 11.8. The molecule has 1 aromatic heterocycles. The van der Waals surface area contributed by atoms with E-state index in [0.29, 0.717) is 50.2 Å². The number of aromatic nitrogens is 1. The summed E-state index contributed by atoms with van der Waals surface area (Å²) in [4.78, 5) is 32.6. The molecule has 0 amide bonds. The molecule has 1 aliphatic heterocycles. The molecule has 240 valence electrons. The van der Waals surface area contributed by atoms with Crippen LogP contribution in [0.1, 0.15) is 36.6 Å². The van der Waals surface area contributed by atoms with Gasteiger partial charge in [-0.15, -0.1) is 0 Å². The molecule has 5 aromatic rings. The summed E-state index contributed by atoms with van der Waals surface area (Å²) in [5, 5.41) is 2.28. The molecular weight excluding hydrogens is 616 g/mol. The van der Waals surface area contributed by atoms with Crippen LogP contribution in [-0.2, 0) is 16.1 Å². The molecule has 1 aliphatic rings. The molecule has 10 heteroatoms. The zero-order valence-electron chi connectivity index (χ0n) is 26.7. The minimum Gasteiger partial charge on any atom is -0.497 e. The Hall–Kier alpha value is -5.35. The molecule has 2 heterocycles. The van der Waals surface area contributed by atoms with Crippen molar-refractivity contribution >= 4 is 34.2 Å². The lowest BCUT2D eigenvalue weighted by Gasteiger charge is -2.26. The molecule has 6 rings (SSSR count). The number of benzene rings is 4. The van der Waals surface area contributed by atoms with Gasteiger partial charge in [0.15, 0.2) is 16.3 Å². The van der Waals surface area contributed by atoms with Crippen LogP contribution in [0.15, 0.2) is 99.9 Å². The third kappa shape index (κ3) is 6.12. The molecule has 0 saturated carbocycles. The zero-order chi connectivity index (χ0) is 33.1. The number of thiazole rings is 1. The molecule has 1 atom stereocenters. The van der Waals surface area contributed by atoms with Crippen molar-refractivity contribution in [3.63, 3.8) is 0 Å². The lowest BCUT2D eigenvalue weighted by atomic mass is 9.94. The van der Waals surface area contributed by atoms with Gasteiger partial charge in [-0.05, 0) is 72.2 Å². The van der Waals surface area contributed by atoms with Crippen molar-refractivity contribution in [2.75, 3.05) is 27.9 Å². The van der Waals surface area contributed by atoms with Crippen molar-refractivity contribution in [1.82, 2.24) is 4.57 Å². The number of rotatable bonds is 10. The van der Waals surface area contributed by atoms with Crippen molar-refractivity contribution in [3.05, 3.63) is 127 Å². The number of carbonyl (C=O) groups is 1. The van der Waals surface area contributed by atoms with Gasteiger partial charge in [-0.3, -0.25) is 9.36 Å². The van der Waals surface area contributed by atoms with Crippen LogP contribution in [0.5, 0.6) is 23.0 Å². The number of esters is 1. The van der Waals surface area contributed by atoms with E-state index in [2.05, 4.69) is 23.2 Å². The van der Waals surface area contributed by atoms with E-state index < -0.39 is 12.0 Å².